The van der Waals surface area contributed by atoms with E-state index in [0.29, 0.717) is 19.5 Å². The molecule has 1 amide bonds. The van der Waals surface area contributed by atoms with E-state index < -0.39 is 24.0 Å². The maximum Gasteiger partial charge on any atom is 0.352 e. The Morgan fingerprint density at radius 1 is 1.50 bits per heavy atom. The van der Waals surface area contributed by atoms with Crippen molar-refractivity contribution < 1.29 is 23.4 Å². The quantitative estimate of drug-likeness (QED) is 0.758. The second kappa shape index (κ2) is 5.09. The van der Waals surface area contributed by atoms with Gasteiger partial charge in [0, 0.05) is 13.1 Å². The highest BCUT2D eigenvalue weighted by Gasteiger charge is 2.59. The number of hydrogen-bond acceptors (Lipinski definition) is 3. The summed E-state index contributed by atoms with van der Waals surface area (Å²) in [7, 11) is 0. The summed E-state index contributed by atoms with van der Waals surface area (Å²) < 4.78 is 32.7. The summed E-state index contributed by atoms with van der Waals surface area (Å²) in [6.45, 7) is 2.62. The van der Waals surface area contributed by atoms with Crippen LogP contribution in [0, 0.1) is 0 Å². The third-order valence-corrected chi connectivity index (χ3v) is 3.56. The normalized spacial score (nSPS) is 29.4. The van der Waals surface area contributed by atoms with Gasteiger partial charge < -0.3 is 14.7 Å². The van der Waals surface area contributed by atoms with Crippen molar-refractivity contribution in [3.8, 4) is 0 Å². The van der Waals surface area contributed by atoms with Crippen LogP contribution in [0.1, 0.15) is 32.6 Å². The number of amides is 1. The fourth-order valence-electron chi connectivity index (χ4n) is 2.41. The number of epoxide rings is 1. The van der Waals surface area contributed by atoms with Crippen LogP contribution in [0.4, 0.5) is 8.78 Å². The van der Waals surface area contributed by atoms with E-state index >= 15 is 0 Å². The predicted molar refractivity (Wildman–Crippen MR) is 60.3 cm³/mol. The highest BCUT2D eigenvalue weighted by molar-refractivity contribution is 5.84. The Morgan fingerprint density at radius 2 is 2.11 bits per heavy atom. The predicted octanol–water partition coefficient (Wildman–Crippen LogP) is 1.17. The lowest BCUT2D eigenvalue weighted by Crippen LogP contribution is -2.51. The van der Waals surface area contributed by atoms with Gasteiger partial charge in [0.15, 0.2) is 6.10 Å². The Bertz CT molecular complexity index is 318. The van der Waals surface area contributed by atoms with Crippen LogP contribution >= 0.6 is 0 Å². The fraction of sp³-hybridized carbons (Fsp3) is 0.917. The molecule has 2 aliphatic heterocycles. The monoisotopic (exact) mass is 263 g/mol. The Hall–Kier alpha value is -0.750. The topological polar surface area (TPSA) is 53.1 Å². The number of ether oxygens (including phenoxy) is 1. The van der Waals surface area contributed by atoms with E-state index in [2.05, 4.69) is 0 Å². The molecule has 2 aliphatic rings. The van der Waals surface area contributed by atoms with Crippen molar-refractivity contribution in [1.29, 1.82) is 0 Å². The smallest absolute Gasteiger partial charge is 0.352 e. The van der Waals surface area contributed by atoms with Gasteiger partial charge in [-0.25, -0.2) is 0 Å². The Kier molecular flexibility index (Phi) is 3.87. The molecule has 0 aromatic heterocycles. The van der Waals surface area contributed by atoms with Crippen molar-refractivity contribution in [2.24, 2.45) is 0 Å². The van der Waals surface area contributed by atoms with Gasteiger partial charge in [0.1, 0.15) is 6.10 Å². The molecule has 1 unspecified atom stereocenters. The third-order valence-electron chi connectivity index (χ3n) is 3.56. The fourth-order valence-corrected chi connectivity index (χ4v) is 2.41. The standard InChI is InChI=1S/C12H19F2NO3/c1-2-5-8-9(18-8)10(16)12(13,14)11(17)15-6-3-4-7-15/h8-10,16H,2-7H2,1H3/t8-,9-,10?/m0/s1. The van der Waals surface area contributed by atoms with Crippen LogP contribution in [0.2, 0.25) is 0 Å². The number of rotatable bonds is 5. The first-order valence-corrected chi connectivity index (χ1v) is 6.49. The van der Waals surface area contributed by atoms with E-state index in [4.69, 9.17) is 4.74 Å². The molecule has 0 spiro atoms. The maximum atomic E-state index is 13.8. The van der Waals surface area contributed by atoms with Gasteiger partial charge >= 0.3 is 5.92 Å². The minimum absolute atomic E-state index is 0.331. The number of nitrogens with zero attached hydrogens (tertiary/aromatic N) is 1. The van der Waals surface area contributed by atoms with Gasteiger partial charge in [-0.1, -0.05) is 13.3 Å². The summed E-state index contributed by atoms with van der Waals surface area (Å²) in [5.74, 6) is -5.00. The average molecular weight is 263 g/mol. The molecule has 2 rings (SSSR count). The minimum atomic E-state index is -3.74. The first-order chi connectivity index (χ1) is 8.48. The second-order valence-corrected chi connectivity index (χ2v) is 4.99. The molecule has 0 saturated carbocycles. The highest BCUT2D eigenvalue weighted by atomic mass is 19.3. The molecule has 2 fully saturated rings. The van der Waals surface area contributed by atoms with Crippen LogP contribution in [0.3, 0.4) is 0 Å². The molecule has 0 aromatic rings. The summed E-state index contributed by atoms with van der Waals surface area (Å²) in [5, 5.41) is 9.62. The molecule has 6 heteroatoms. The summed E-state index contributed by atoms with van der Waals surface area (Å²) >= 11 is 0. The van der Waals surface area contributed by atoms with Crippen molar-refractivity contribution in [2.45, 2.75) is 56.8 Å². The molecule has 1 N–H and O–H groups in total. The Balaban J connectivity index is 1.95. The van der Waals surface area contributed by atoms with Crippen molar-refractivity contribution in [3.63, 3.8) is 0 Å². The van der Waals surface area contributed by atoms with E-state index in [0.717, 1.165) is 24.2 Å². The van der Waals surface area contributed by atoms with E-state index in [1.165, 1.54) is 0 Å². The molecular formula is C12H19F2NO3. The minimum Gasteiger partial charge on any atom is -0.383 e. The van der Waals surface area contributed by atoms with Gasteiger partial charge in [0.05, 0.1) is 6.10 Å². The van der Waals surface area contributed by atoms with Crippen molar-refractivity contribution in [2.75, 3.05) is 13.1 Å². The Labute approximate surface area is 105 Å². The lowest BCUT2D eigenvalue weighted by Gasteiger charge is -2.25. The van der Waals surface area contributed by atoms with Gasteiger partial charge in [0.2, 0.25) is 0 Å². The molecule has 2 saturated heterocycles. The van der Waals surface area contributed by atoms with Crippen molar-refractivity contribution in [3.05, 3.63) is 0 Å². The number of aliphatic hydroxyl groups excluding tert-OH is 1. The van der Waals surface area contributed by atoms with E-state index in [1.807, 2.05) is 6.92 Å². The van der Waals surface area contributed by atoms with Gasteiger partial charge in [-0.05, 0) is 19.3 Å². The molecule has 2 heterocycles. The average Bonchev–Trinajstić information content (AvgIpc) is 2.90. The van der Waals surface area contributed by atoms with Crippen LogP contribution in [0.5, 0.6) is 0 Å². The van der Waals surface area contributed by atoms with Crippen LogP contribution < -0.4 is 0 Å². The summed E-state index contributed by atoms with van der Waals surface area (Å²) in [4.78, 5) is 12.8. The molecule has 4 nitrogen and oxygen atoms in total. The molecule has 0 aliphatic carbocycles. The molecule has 0 bridgehead atoms. The molecule has 104 valence electrons. The van der Waals surface area contributed by atoms with Gasteiger partial charge in [-0.2, -0.15) is 8.78 Å². The number of aliphatic hydroxyl groups is 1. The molecule has 3 atom stereocenters. The summed E-state index contributed by atoms with van der Waals surface area (Å²) in [5.41, 5.74) is 0. The lowest BCUT2D eigenvalue weighted by molar-refractivity contribution is -0.175. The SMILES string of the molecule is CCC[C@@H]1O[C@@H]1C(O)C(F)(F)C(=O)N1CCCC1. The zero-order valence-corrected chi connectivity index (χ0v) is 10.4. The number of alkyl halides is 2. The summed E-state index contributed by atoms with van der Waals surface area (Å²) in [6, 6.07) is 0. The first kappa shape index (κ1) is 13.7. The maximum absolute atomic E-state index is 13.8. The molecule has 0 aromatic carbocycles. The number of likely N-dealkylation sites (tertiary alicyclic amines) is 1. The van der Waals surface area contributed by atoms with Gasteiger partial charge in [-0.15, -0.1) is 0 Å². The van der Waals surface area contributed by atoms with Gasteiger partial charge in [0.25, 0.3) is 5.91 Å². The molecule has 18 heavy (non-hydrogen) atoms. The number of hydrogen-bond donors (Lipinski definition) is 1. The van der Waals surface area contributed by atoms with Crippen LogP contribution in [-0.2, 0) is 9.53 Å². The van der Waals surface area contributed by atoms with E-state index in [1.54, 1.807) is 0 Å². The molecule has 0 radical (unpaired) electrons. The third kappa shape index (κ3) is 2.49. The first-order valence-electron chi connectivity index (χ1n) is 6.49. The zero-order valence-electron chi connectivity index (χ0n) is 10.4. The Morgan fingerprint density at radius 3 is 2.67 bits per heavy atom. The van der Waals surface area contributed by atoms with Crippen LogP contribution in [0.25, 0.3) is 0 Å². The highest BCUT2D eigenvalue weighted by Crippen LogP contribution is 2.37. The number of halogens is 2. The van der Waals surface area contributed by atoms with E-state index in [-0.39, 0.29) is 6.10 Å². The van der Waals surface area contributed by atoms with Gasteiger partial charge in [-0.3, -0.25) is 4.79 Å². The van der Waals surface area contributed by atoms with Crippen molar-refractivity contribution in [1.82, 2.24) is 4.90 Å². The van der Waals surface area contributed by atoms with Crippen LogP contribution in [-0.4, -0.2) is 53.2 Å². The number of carbonyl (C=O) groups is 1. The summed E-state index contributed by atoms with van der Waals surface area (Å²) in [6.07, 6.45) is -0.321. The second-order valence-electron chi connectivity index (χ2n) is 4.99. The zero-order chi connectivity index (χ0) is 13.3. The van der Waals surface area contributed by atoms with Crippen molar-refractivity contribution >= 4 is 5.91 Å². The van der Waals surface area contributed by atoms with E-state index in [9.17, 15) is 18.7 Å². The lowest BCUT2D eigenvalue weighted by atomic mass is 10.0. The molecular weight excluding hydrogens is 244 g/mol. The largest absolute Gasteiger partial charge is 0.383 e. The van der Waals surface area contributed by atoms with Crippen LogP contribution in [0.15, 0.2) is 0 Å². The number of carbonyl (C=O) groups excluding carboxylic acids is 1.